The predicted octanol–water partition coefficient (Wildman–Crippen LogP) is 2.90. The van der Waals surface area contributed by atoms with Gasteiger partial charge >= 0.3 is 0 Å². The number of rotatable bonds is 7. The van der Waals surface area contributed by atoms with Crippen LogP contribution in [0.25, 0.3) is 0 Å². The smallest absolute Gasteiger partial charge is 0.251 e. The van der Waals surface area contributed by atoms with Gasteiger partial charge in [0.05, 0.1) is 17.8 Å². The number of primary amides is 1. The van der Waals surface area contributed by atoms with Crippen LogP contribution in [0.1, 0.15) is 52.8 Å². The fraction of sp³-hybridized carbons (Fsp3) is 0.318. The molecular weight excluding hydrogens is 368 g/mol. The van der Waals surface area contributed by atoms with Crippen molar-refractivity contribution < 1.29 is 14.4 Å². The maximum Gasteiger partial charge on any atom is 0.251 e. The van der Waals surface area contributed by atoms with Crippen LogP contribution in [0.4, 0.5) is 11.4 Å². The highest BCUT2D eigenvalue weighted by Crippen LogP contribution is 2.18. The third-order valence-electron chi connectivity index (χ3n) is 5.01. The predicted molar refractivity (Wildman–Crippen MR) is 113 cm³/mol. The summed E-state index contributed by atoms with van der Waals surface area (Å²) in [4.78, 5) is 35.9. The van der Waals surface area contributed by atoms with Gasteiger partial charge in [0.25, 0.3) is 11.8 Å². The molecule has 0 unspecified atom stereocenters. The summed E-state index contributed by atoms with van der Waals surface area (Å²) < 4.78 is 0. The van der Waals surface area contributed by atoms with Crippen LogP contribution in [0.3, 0.4) is 0 Å². The molecule has 2 aromatic carbocycles. The van der Waals surface area contributed by atoms with Crippen molar-refractivity contribution in [3.8, 4) is 0 Å². The van der Waals surface area contributed by atoms with Crippen LogP contribution in [0.15, 0.2) is 48.5 Å². The molecule has 0 aromatic heterocycles. The highest BCUT2D eigenvalue weighted by molar-refractivity contribution is 6.03. The molecule has 0 heterocycles. The van der Waals surface area contributed by atoms with E-state index in [2.05, 4.69) is 16.0 Å². The van der Waals surface area contributed by atoms with E-state index in [0.717, 1.165) is 18.5 Å². The van der Waals surface area contributed by atoms with Gasteiger partial charge in [-0.3, -0.25) is 14.4 Å². The molecule has 5 N–H and O–H groups in total. The number of amides is 3. The molecule has 1 aliphatic rings. The fourth-order valence-electron chi connectivity index (χ4n) is 3.44. The lowest BCUT2D eigenvalue weighted by atomic mass is 9.95. The molecule has 0 radical (unpaired) electrons. The molecule has 0 spiro atoms. The van der Waals surface area contributed by atoms with Gasteiger partial charge in [-0.15, -0.1) is 0 Å². The number of hydrogen-bond acceptors (Lipinski definition) is 4. The lowest BCUT2D eigenvalue weighted by molar-refractivity contribution is -0.114. The SMILES string of the molecule is NC(=O)c1ccccc1NC(=O)CNc1ccc(C(=O)NC2CCCCC2)cc1. The first-order chi connectivity index (χ1) is 14.0. The van der Waals surface area contributed by atoms with E-state index >= 15 is 0 Å². The number of para-hydroxylation sites is 1. The van der Waals surface area contributed by atoms with Crippen LogP contribution in [0, 0.1) is 0 Å². The molecular formula is C22H26N4O3. The Balaban J connectivity index is 1.50. The van der Waals surface area contributed by atoms with Crippen LogP contribution >= 0.6 is 0 Å². The molecule has 1 aliphatic carbocycles. The second-order valence-electron chi connectivity index (χ2n) is 7.20. The number of nitrogens with one attached hydrogen (secondary N) is 3. The lowest BCUT2D eigenvalue weighted by Gasteiger charge is -2.22. The molecule has 1 saturated carbocycles. The molecule has 3 amide bonds. The summed E-state index contributed by atoms with van der Waals surface area (Å²) in [5, 5.41) is 8.76. The van der Waals surface area contributed by atoms with Gasteiger partial charge in [-0.05, 0) is 49.2 Å². The summed E-state index contributed by atoms with van der Waals surface area (Å²) in [6.07, 6.45) is 5.66. The van der Waals surface area contributed by atoms with E-state index < -0.39 is 5.91 Å². The molecule has 0 bridgehead atoms. The van der Waals surface area contributed by atoms with E-state index in [1.54, 1.807) is 48.5 Å². The van der Waals surface area contributed by atoms with Crippen molar-refractivity contribution in [2.75, 3.05) is 17.2 Å². The second kappa shape index (κ2) is 9.73. The van der Waals surface area contributed by atoms with Gasteiger partial charge in [-0.2, -0.15) is 0 Å². The molecule has 7 nitrogen and oxygen atoms in total. The first-order valence-electron chi connectivity index (χ1n) is 9.86. The van der Waals surface area contributed by atoms with Gasteiger partial charge in [0.2, 0.25) is 5.91 Å². The van der Waals surface area contributed by atoms with Crippen molar-refractivity contribution in [1.29, 1.82) is 0 Å². The van der Waals surface area contributed by atoms with Gasteiger partial charge in [0.1, 0.15) is 0 Å². The Morgan fingerprint density at radius 1 is 0.931 bits per heavy atom. The van der Waals surface area contributed by atoms with E-state index in [1.807, 2.05) is 0 Å². The summed E-state index contributed by atoms with van der Waals surface area (Å²) in [7, 11) is 0. The maximum absolute atomic E-state index is 12.3. The van der Waals surface area contributed by atoms with Gasteiger partial charge in [-0.25, -0.2) is 0 Å². The Bertz CT molecular complexity index is 874. The van der Waals surface area contributed by atoms with Crippen LogP contribution in [-0.2, 0) is 4.79 Å². The topological polar surface area (TPSA) is 113 Å². The minimum Gasteiger partial charge on any atom is -0.376 e. The first kappa shape index (κ1) is 20.4. The van der Waals surface area contributed by atoms with E-state index in [-0.39, 0.29) is 30.0 Å². The summed E-state index contributed by atoms with van der Waals surface area (Å²) in [6.45, 7) is 0.0146. The molecule has 152 valence electrons. The summed E-state index contributed by atoms with van der Waals surface area (Å²) in [6, 6.07) is 13.8. The summed E-state index contributed by atoms with van der Waals surface area (Å²) >= 11 is 0. The standard InChI is InChI=1S/C22H26N4O3/c23-21(28)18-8-4-5-9-19(18)26-20(27)14-24-16-12-10-15(11-13-16)22(29)25-17-6-2-1-3-7-17/h4-5,8-13,17,24H,1-3,6-7,14H2,(H2,23,28)(H,25,29)(H,26,27). The Morgan fingerprint density at radius 3 is 2.31 bits per heavy atom. The van der Waals surface area contributed by atoms with Crippen LogP contribution in [-0.4, -0.2) is 30.3 Å². The Morgan fingerprint density at radius 2 is 1.62 bits per heavy atom. The molecule has 0 atom stereocenters. The Hall–Kier alpha value is -3.35. The van der Waals surface area contributed by atoms with Crippen molar-refractivity contribution in [2.24, 2.45) is 5.73 Å². The zero-order valence-electron chi connectivity index (χ0n) is 16.2. The minimum absolute atomic E-state index is 0.0146. The minimum atomic E-state index is -0.601. The van der Waals surface area contributed by atoms with Crippen LogP contribution in [0.2, 0.25) is 0 Å². The van der Waals surface area contributed by atoms with Gasteiger partial charge in [0.15, 0.2) is 0 Å². The largest absolute Gasteiger partial charge is 0.376 e. The number of carbonyl (C=O) groups excluding carboxylic acids is 3. The zero-order valence-corrected chi connectivity index (χ0v) is 16.2. The Labute approximate surface area is 170 Å². The monoisotopic (exact) mass is 394 g/mol. The van der Waals surface area contributed by atoms with Crippen LogP contribution < -0.4 is 21.7 Å². The third kappa shape index (κ3) is 5.81. The molecule has 1 fully saturated rings. The lowest BCUT2D eigenvalue weighted by Crippen LogP contribution is -2.36. The first-order valence-corrected chi connectivity index (χ1v) is 9.86. The van der Waals surface area contributed by atoms with Crippen molar-refractivity contribution >= 4 is 29.1 Å². The number of hydrogen-bond donors (Lipinski definition) is 4. The number of benzene rings is 2. The fourth-order valence-corrected chi connectivity index (χ4v) is 3.44. The summed E-state index contributed by atoms with van der Waals surface area (Å²) in [5.41, 5.74) is 7.27. The molecule has 7 heteroatoms. The zero-order chi connectivity index (χ0) is 20.6. The van der Waals surface area contributed by atoms with Crippen molar-refractivity contribution in [2.45, 2.75) is 38.1 Å². The summed E-state index contributed by atoms with van der Waals surface area (Å²) in [5.74, 6) is -0.974. The average Bonchev–Trinajstić information content (AvgIpc) is 2.73. The highest BCUT2D eigenvalue weighted by atomic mass is 16.2. The number of anilines is 2. The van der Waals surface area contributed by atoms with Crippen molar-refractivity contribution in [1.82, 2.24) is 5.32 Å². The molecule has 0 saturated heterocycles. The van der Waals surface area contributed by atoms with Gasteiger partial charge in [-0.1, -0.05) is 31.4 Å². The highest BCUT2D eigenvalue weighted by Gasteiger charge is 2.16. The average molecular weight is 394 g/mol. The molecule has 3 rings (SSSR count). The molecule has 29 heavy (non-hydrogen) atoms. The van der Waals surface area contributed by atoms with E-state index in [4.69, 9.17) is 5.73 Å². The Kier molecular flexibility index (Phi) is 6.84. The van der Waals surface area contributed by atoms with Crippen molar-refractivity contribution in [3.05, 3.63) is 59.7 Å². The third-order valence-corrected chi connectivity index (χ3v) is 5.01. The van der Waals surface area contributed by atoms with E-state index in [1.165, 1.54) is 19.3 Å². The molecule has 2 aromatic rings. The number of nitrogens with two attached hydrogens (primary N) is 1. The number of carbonyl (C=O) groups is 3. The van der Waals surface area contributed by atoms with Crippen LogP contribution in [0.5, 0.6) is 0 Å². The van der Waals surface area contributed by atoms with E-state index in [9.17, 15) is 14.4 Å². The second-order valence-corrected chi connectivity index (χ2v) is 7.20. The van der Waals surface area contributed by atoms with Crippen molar-refractivity contribution in [3.63, 3.8) is 0 Å². The van der Waals surface area contributed by atoms with E-state index in [0.29, 0.717) is 11.3 Å². The maximum atomic E-state index is 12.3. The van der Waals surface area contributed by atoms with Gasteiger partial charge < -0.3 is 21.7 Å². The normalized spacial score (nSPS) is 14.1. The van der Waals surface area contributed by atoms with Gasteiger partial charge in [0, 0.05) is 17.3 Å². The quantitative estimate of drug-likeness (QED) is 0.578. The molecule has 0 aliphatic heterocycles.